The molecule has 28 heavy (non-hydrogen) atoms. The smallest absolute Gasteiger partial charge is 0.240 e. The Labute approximate surface area is 178 Å². The van der Waals surface area contributed by atoms with Gasteiger partial charge in [0.25, 0.3) is 0 Å². The van der Waals surface area contributed by atoms with Crippen molar-refractivity contribution in [2.45, 2.75) is 26.3 Å². The molecule has 1 N–H and O–H groups in total. The van der Waals surface area contributed by atoms with Crippen LogP contribution in [0.5, 0.6) is 0 Å². The summed E-state index contributed by atoms with van der Waals surface area (Å²) in [7, 11) is 0. The lowest BCUT2D eigenvalue weighted by molar-refractivity contribution is -0.117. The van der Waals surface area contributed by atoms with Crippen molar-refractivity contribution >= 4 is 46.4 Å². The van der Waals surface area contributed by atoms with Gasteiger partial charge in [0.2, 0.25) is 11.8 Å². The molecular formula is C18H22Cl3N5O2. The van der Waals surface area contributed by atoms with E-state index >= 15 is 0 Å². The van der Waals surface area contributed by atoms with Crippen molar-refractivity contribution in [1.29, 1.82) is 0 Å². The molecule has 0 bridgehead atoms. The van der Waals surface area contributed by atoms with Crippen LogP contribution in [0.4, 0.5) is 5.69 Å². The Balaban J connectivity index is 1.47. The number of amides is 1. The quantitative estimate of drug-likeness (QED) is 0.725. The summed E-state index contributed by atoms with van der Waals surface area (Å²) in [6, 6.07) is 3.09. The highest BCUT2D eigenvalue weighted by Gasteiger charge is 2.22. The molecular weight excluding hydrogens is 425 g/mol. The molecule has 0 unspecified atom stereocenters. The molecule has 1 aromatic heterocycles. The van der Waals surface area contributed by atoms with Crippen molar-refractivity contribution in [3.8, 4) is 0 Å². The zero-order valence-electron chi connectivity index (χ0n) is 15.7. The van der Waals surface area contributed by atoms with E-state index < -0.39 is 0 Å². The van der Waals surface area contributed by atoms with E-state index in [0.29, 0.717) is 33.2 Å². The standard InChI is InChI=1S/C18H22Cl3N5O2/c1-11(2)18-23-16(28-24-18)10-26-5-3-25(4-6-26)9-15(27)22-17-13(20)7-12(19)8-14(17)21/h7-8,11H,3-6,9-10H2,1-2H3,(H,22,27). The molecule has 1 aliphatic heterocycles. The van der Waals surface area contributed by atoms with Crippen LogP contribution < -0.4 is 5.32 Å². The predicted octanol–water partition coefficient (Wildman–Crippen LogP) is 3.91. The van der Waals surface area contributed by atoms with Crippen LogP contribution in [0.1, 0.15) is 31.5 Å². The monoisotopic (exact) mass is 445 g/mol. The Hall–Kier alpha value is -1.38. The van der Waals surface area contributed by atoms with E-state index in [0.717, 1.165) is 32.0 Å². The van der Waals surface area contributed by atoms with Crippen molar-refractivity contribution < 1.29 is 9.32 Å². The number of carbonyl (C=O) groups is 1. The first-order valence-electron chi connectivity index (χ1n) is 9.03. The molecule has 0 radical (unpaired) electrons. The fourth-order valence-electron chi connectivity index (χ4n) is 2.91. The van der Waals surface area contributed by atoms with Crippen LogP contribution in [0.3, 0.4) is 0 Å². The van der Waals surface area contributed by atoms with Crippen molar-refractivity contribution in [3.63, 3.8) is 0 Å². The predicted molar refractivity (Wildman–Crippen MR) is 110 cm³/mol. The van der Waals surface area contributed by atoms with Gasteiger partial charge in [-0.25, -0.2) is 0 Å². The van der Waals surface area contributed by atoms with Crippen LogP contribution >= 0.6 is 34.8 Å². The van der Waals surface area contributed by atoms with Gasteiger partial charge < -0.3 is 9.84 Å². The summed E-state index contributed by atoms with van der Waals surface area (Å²) in [6.07, 6.45) is 0. The van der Waals surface area contributed by atoms with Gasteiger partial charge in [-0.15, -0.1) is 0 Å². The van der Waals surface area contributed by atoms with E-state index in [-0.39, 0.29) is 18.4 Å². The highest BCUT2D eigenvalue weighted by atomic mass is 35.5. The van der Waals surface area contributed by atoms with Crippen LogP contribution in [0.15, 0.2) is 16.7 Å². The van der Waals surface area contributed by atoms with Crippen LogP contribution in [0.25, 0.3) is 0 Å². The summed E-state index contributed by atoms with van der Waals surface area (Å²) >= 11 is 18.1. The number of hydrogen-bond acceptors (Lipinski definition) is 6. The van der Waals surface area contributed by atoms with E-state index in [1.165, 1.54) is 0 Å². The van der Waals surface area contributed by atoms with E-state index in [2.05, 4.69) is 25.3 Å². The third-order valence-corrected chi connectivity index (χ3v) is 5.28. The second-order valence-electron chi connectivity index (χ2n) is 7.05. The van der Waals surface area contributed by atoms with Crippen LogP contribution in [-0.2, 0) is 11.3 Å². The molecule has 1 amide bonds. The Bertz CT molecular complexity index is 811. The molecule has 10 heteroatoms. The van der Waals surface area contributed by atoms with Crippen LogP contribution in [0.2, 0.25) is 15.1 Å². The average molecular weight is 447 g/mol. The molecule has 2 heterocycles. The second-order valence-corrected chi connectivity index (χ2v) is 8.30. The Morgan fingerprint density at radius 2 is 1.75 bits per heavy atom. The highest BCUT2D eigenvalue weighted by Crippen LogP contribution is 2.33. The van der Waals surface area contributed by atoms with E-state index in [1.807, 2.05) is 13.8 Å². The molecule has 0 aliphatic carbocycles. The molecule has 1 fully saturated rings. The zero-order valence-corrected chi connectivity index (χ0v) is 18.0. The van der Waals surface area contributed by atoms with E-state index in [4.69, 9.17) is 39.3 Å². The first-order chi connectivity index (χ1) is 13.3. The maximum absolute atomic E-state index is 12.4. The first kappa shape index (κ1) is 21.3. The molecule has 3 rings (SSSR count). The number of rotatable bonds is 6. The fraction of sp³-hybridized carbons (Fsp3) is 0.500. The maximum Gasteiger partial charge on any atom is 0.240 e. The average Bonchev–Trinajstić information content (AvgIpc) is 3.09. The van der Waals surface area contributed by atoms with Crippen LogP contribution in [-0.4, -0.2) is 58.6 Å². The summed E-state index contributed by atoms with van der Waals surface area (Å²) in [4.78, 5) is 21.1. The van der Waals surface area contributed by atoms with Gasteiger partial charge in [-0.3, -0.25) is 14.6 Å². The third kappa shape index (κ3) is 5.58. The molecule has 7 nitrogen and oxygen atoms in total. The van der Waals surface area contributed by atoms with Gasteiger partial charge in [0.05, 0.1) is 28.8 Å². The van der Waals surface area contributed by atoms with Gasteiger partial charge in [0, 0.05) is 37.1 Å². The summed E-state index contributed by atoms with van der Waals surface area (Å²) in [5.74, 6) is 1.43. The van der Waals surface area contributed by atoms with Crippen LogP contribution in [0, 0.1) is 0 Å². The number of anilines is 1. The van der Waals surface area contributed by atoms with Gasteiger partial charge in [0.1, 0.15) is 0 Å². The molecule has 0 spiro atoms. The second kappa shape index (κ2) is 9.41. The van der Waals surface area contributed by atoms with Gasteiger partial charge in [-0.05, 0) is 12.1 Å². The highest BCUT2D eigenvalue weighted by molar-refractivity contribution is 6.42. The lowest BCUT2D eigenvalue weighted by Gasteiger charge is -2.33. The first-order valence-corrected chi connectivity index (χ1v) is 10.2. The molecule has 0 saturated carbocycles. The number of nitrogens with zero attached hydrogens (tertiary/aromatic N) is 4. The Morgan fingerprint density at radius 1 is 1.14 bits per heavy atom. The van der Waals surface area contributed by atoms with Crippen molar-refractivity contribution in [2.75, 3.05) is 38.0 Å². The molecule has 0 atom stereocenters. The van der Waals surface area contributed by atoms with Crippen molar-refractivity contribution in [3.05, 3.63) is 38.9 Å². The summed E-state index contributed by atoms with van der Waals surface area (Å²) in [5.41, 5.74) is 0.383. The number of piperazine rings is 1. The Kier molecular flexibility index (Phi) is 7.17. The van der Waals surface area contributed by atoms with Gasteiger partial charge >= 0.3 is 0 Å². The summed E-state index contributed by atoms with van der Waals surface area (Å²) in [5, 5.41) is 7.81. The molecule has 152 valence electrons. The van der Waals surface area contributed by atoms with Crippen molar-refractivity contribution in [1.82, 2.24) is 19.9 Å². The molecule has 1 aliphatic rings. The van der Waals surface area contributed by atoms with E-state index in [9.17, 15) is 4.79 Å². The number of hydrogen-bond donors (Lipinski definition) is 1. The summed E-state index contributed by atoms with van der Waals surface area (Å²) < 4.78 is 5.30. The number of aromatic nitrogens is 2. The molecule has 2 aromatic rings. The number of halogens is 3. The lowest BCUT2D eigenvalue weighted by atomic mass is 10.2. The van der Waals surface area contributed by atoms with Gasteiger partial charge in [0.15, 0.2) is 5.82 Å². The molecule has 1 aromatic carbocycles. The number of benzene rings is 1. The largest absolute Gasteiger partial charge is 0.338 e. The SMILES string of the molecule is CC(C)c1noc(CN2CCN(CC(=O)Nc3c(Cl)cc(Cl)cc3Cl)CC2)n1. The minimum absolute atomic E-state index is 0.168. The maximum atomic E-state index is 12.4. The minimum atomic E-state index is -0.168. The fourth-order valence-corrected chi connectivity index (χ4v) is 3.82. The Morgan fingerprint density at radius 3 is 2.32 bits per heavy atom. The van der Waals surface area contributed by atoms with Gasteiger partial charge in [-0.1, -0.05) is 53.8 Å². The van der Waals surface area contributed by atoms with Gasteiger partial charge in [-0.2, -0.15) is 4.98 Å². The topological polar surface area (TPSA) is 74.5 Å². The van der Waals surface area contributed by atoms with E-state index in [1.54, 1.807) is 12.1 Å². The minimum Gasteiger partial charge on any atom is -0.338 e. The number of nitrogens with one attached hydrogen (secondary N) is 1. The van der Waals surface area contributed by atoms with Crippen molar-refractivity contribution in [2.24, 2.45) is 0 Å². The zero-order chi connectivity index (χ0) is 20.3. The number of carbonyl (C=O) groups excluding carboxylic acids is 1. The molecule has 1 saturated heterocycles. The lowest BCUT2D eigenvalue weighted by Crippen LogP contribution is -2.48. The third-order valence-electron chi connectivity index (χ3n) is 4.46. The normalized spacial score (nSPS) is 15.9. The summed E-state index contributed by atoms with van der Waals surface area (Å²) in [6.45, 7) is 8.11.